The molecule has 1 unspecified atom stereocenters. The highest BCUT2D eigenvalue weighted by molar-refractivity contribution is 7.79. The van der Waals surface area contributed by atoms with Gasteiger partial charge in [0.1, 0.15) is 0 Å². The van der Waals surface area contributed by atoms with Crippen molar-refractivity contribution in [2.45, 2.75) is 33.4 Å². The molecule has 4 aromatic rings. The third-order valence-electron chi connectivity index (χ3n) is 5.98. The highest BCUT2D eigenvalue weighted by Crippen LogP contribution is 2.58. The van der Waals surface area contributed by atoms with Gasteiger partial charge >= 0.3 is 0 Å². The maximum absolute atomic E-state index is 15.5. The van der Waals surface area contributed by atoms with Crippen molar-refractivity contribution >= 4 is 23.8 Å². The van der Waals surface area contributed by atoms with Crippen molar-refractivity contribution in [2.24, 2.45) is 0 Å². The number of hydrogen-bond acceptors (Lipinski definition) is 1. The lowest BCUT2D eigenvalue weighted by molar-refractivity contribution is 0.583. The van der Waals surface area contributed by atoms with Crippen molar-refractivity contribution in [1.29, 1.82) is 0 Å². The standard InChI is InChI=1S/C31H31OP/c1-23-17-24(2)20-29(19-23)33(32,30-21-25(3)18-26(4)22-30)31(28-13-9-6-10-14-28)16-15-27-11-7-5-8-12-27/h5-22,31H,1-4H3/b16-15+. The lowest BCUT2D eigenvalue weighted by Gasteiger charge is -2.28. The van der Waals surface area contributed by atoms with Gasteiger partial charge in [-0.3, -0.25) is 0 Å². The molecule has 0 N–H and O–H groups in total. The molecular weight excluding hydrogens is 419 g/mol. The summed E-state index contributed by atoms with van der Waals surface area (Å²) in [5.74, 6) is 0. The Kier molecular flexibility index (Phi) is 6.82. The van der Waals surface area contributed by atoms with Crippen molar-refractivity contribution in [1.82, 2.24) is 0 Å². The molecule has 33 heavy (non-hydrogen) atoms. The Labute approximate surface area is 198 Å². The number of allylic oxidation sites excluding steroid dienone is 1. The largest absolute Gasteiger partial charge is 0.313 e. The molecule has 0 amide bonds. The van der Waals surface area contributed by atoms with Crippen molar-refractivity contribution in [2.75, 3.05) is 0 Å². The summed E-state index contributed by atoms with van der Waals surface area (Å²) in [6, 6.07) is 33.2. The van der Waals surface area contributed by atoms with Crippen LogP contribution in [0.1, 0.15) is 39.0 Å². The molecule has 1 nitrogen and oxygen atoms in total. The van der Waals surface area contributed by atoms with E-state index in [0.717, 1.165) is 44.0 Å². The zero-order valence-electron chi connectivity index (χ0n) is 19.8. The highest BCUT2D eigenvalue weighted by atomic mass is 31.2. The van der Waals surface area contributed by atoms with Crippen LogP contribution in [-0.2, 0) is 4.57 Å². The van der Waals surface area contributed by atoms with E-state index in [9.17, 15) is 0 Å². The number of hydrogen-bond donors (Lipinski definition) is 0. The molecule has 166 valence electrons. The molecule has 0 aliphatic carbocycles. The molecule has 0 aliphatic heterocycles. The van der Waals surface area contributed by atoms with E-state index in [2.05, 4.69) is 101 Å². The van der Waals surface area contributed by atoms with Gasteiger partial charge in [0.15, 0.2) is 7.14 Å². The van der Waals surface area contributed by atoms with Gasteiger partial charge in [-0.2, -0.15) is 0 Å². The van der Waals surface area contributed by atoms with Crippen molar-refractivity contribution in [3.8, 4) is 0 Å². The zero-order valence-corrected chi connectivity index (χ0v) is 20.7. The van der Waals surface area contributed by atoms with Crippen molar-refractivity contribution in [3.05, 3.63) is 137 Å². The normalized spacial score (nSPS) is 12.7. The van der Waals surface area contributed by atoms with E-state index in [1.807, 2.05) is 36.4 Å². The van der Waals surface area contributed by atoms with Gasteiger partial charge in [-0.1, -0.05) is 107 Å². The van der Waals surface area contributed by atoms with Gasteiger partial charge in [0.2, 0.25) is 0 Å². The third-order valence-corrected chi connectivity index (χ3v) is 9.29. The molecule has 0 saturated carbocycles. The van der Waals surface area contributed by atoms with Crippen LogP contribution in [0.5, 0.6) is 0 Å². The molecule has 0 heterocycles. The summed E-state index contributed by atoms with van der Waals surface area (Å²) in [6.07, 6.45) is 4.25. The molecular formula is C31H31OP. The second-order valence-electron chi connectivity index (χ2n) is 8.98. The molecule has 0 fully saturated rings. The second kappa shape index (κ2) is 9.77. The fourth-order valence-corrected chi connectivity index (χ4v) is 8.06. The summed E-state index contributed by atoms with van der Waals surface area (Å²) in [5.41, 5.74) is 6.42. The van der Waals surface area contributed by atoms with Gasteiger partial charge in [-0.05, 0) is 63.1 Å². The van der Waals surface area contributed by atoms with E-state index in [0.29, 0.717) is 0 Å². The zero-order chi connectivity index (χ0) is 23.4. The first-order valence-corrected chi connectivity index (χ1v) is 13.2. The summed E-state index contributed by atoms with van der Waals surface area (Å²) in [4.78, 5) is 0. The van der Waals surface area contributed by atoms with Gasteiger partial charge in [-0.25, -0.2) is 0 Å². The van der Waals surface area contributed by atoms with Crippen molar-refractivity contribution in [3.63, 3.8) is 0 Å². The average Bonchev–Trinajstić information content (AvgIpc) is 2.79. The smallest absolute Gasteiger partial charge is 0.154 e. The Morgan fingerprint density at radius 2 is 1.03 bits per heavy atom. The predicted molar refractivity (Wildman–Crippen MR) is 143 cm³/mol. The summed E-state index contributed by atoms with van der Waals surface area (Å²) in [5, 5.41) is 1.83. The molecule has 4 aromatic carbocycles. The Morgan fingerprint density at radius 3 is 1.48 bits per heavy atom. The molecule has 0 radical (unpaired) electrons. The van der Waals surface area contributed by atoms with E-state index >= 15 is 4.57 Å². The molecule has 0 spiro atoms. The lowest BCUT2D eigenvalue weighted by atomic mass is 10.1. The maximum atomic E-state index is 15.5. The number of rotatable bonds is 6. The predicted octanol–water partition coefficient (Wildman–Crippen LogP) is 7.69. The van der Waals surface area contributed by atoms with Gasteiger partial charge in [0.05, 0.1) is 5.66 Å². The Hall–Kier alpha value is -3.15. The summed E-state index contributed by atoms with van der Waals surface area (Å²) < 4.78 is 15.5. The van der Waals surface area contributed by atoms with Crippen LogP contribution in [0.2, 0.25) is 0 Å². The van der Waals surface area contributed by atoms with Crippen LogP contribution in [0.25, 0.3) is 6.08 Å². The minimum Gasteiger partial charge on any atom is -0.313 e. The Morgan fingerprint density at radius 1 is 0.606 bits per heavy atom. The average molecular weight is 451 g/mol. The molecule has 0 aromatic heterocycles. The van der Waals surface area contributed by atoms with Gasteiger partial charge < -0.3 is 4.57 Å². The molecule has 2 heteroatoms. The van der Waals surface area contributed by atoms with E-state index in [1.54, 1.807) is 0 Å². The topological polar surface area (TPSA) is 17.1 Å². The minimum atomic E-state index is -3.09. The van der Waals surface area contributed by atoms with Gasteiger partial charge in [0, 0.05) is 10.6 Å². The minimum absolute atomic E-state index is 0.277. The maximum Gasteiger partial charge on any atom is 0.154 e. The highest BCUT2D eigenvalue weighted by Gasteiger charge is 2.37. The monoisotopic (exact) mass is 450 g/mol. The Balaban J connectivity index is 2.01. The first kappa shape index (κ1) is 23.0. The van der Waals surface area contributed by atoms with Gasteiger partial charge in [0.25, 0.3) is 0 Å². The molecule has 0 saturated heterocycles. The molecule has 1 atom stereocenters. The Bertz CT molecular complexity index is 1220. The van der Waals surface area contributed by atoms with Crippen LogP contribution in [0, 0.1) is 27.7 Å². The first-order valence-electron chi connectivity index (χ1n) is 11.4. The van der Waals surface area contributed by atoms with E-state index < -0.39 is 7.14 Å². The molecule has 0 aliphatic rings. The summed E-state index contributed by atoms with van der Waals surface area (Å²) >= 11 is 0. The number of aryl methyl sites for hydroxylation is 4. The fourth-order valence-electron chi connectivity index (χ4n) is 4.61. The van der Waals surface area contributed by atoms with E-state index in [4.69, 9.17) is 0 Å². The summed E-state index contributed by atoms with van der Waals surface area (Å²) in [6.45, 7) is 8.33. The first-order chi connectivity index (χ1) is 15.9. The second-order valence-corrected chi connectivity index (χ2v) is 11.9. The molecule has 4 rings (SSSR count). The SMILES string of the molecule is Cc1cc(C)cc(P(=O)(c2cc(C)cc(C)c2)C(/C=C/c2ccccc2)c2ccccc2)c1. The van der Waals surface area contributed by atoms with Crippen LogP contribution < -0.4 is 10.6 Å². The summed E-state index contributed by atoms with van der Waals surface area (Å²) in [7, 11) is -3.09. The van der Waals surface area contributed by atoms with Crippen LogP contribution in [-0.4, -0.2) is 0 Å². The third kappa shape index (κ3) is 5.10. The van der Waals surface area contributed by atoms with Crippen molar-refractivity contribution < 1.29 is 4.57 Å². The van der Waals surface area contributed by atoms with E-state index in [-0.39, 0.29) is 5.66 Å². The number of benzene rings is 4. The lowest BCUT2D eigenvalue weighted by Crippen LogP contribution is -2.22. The van der Waals surface area contributed by atoms with Gasteiger partial charge in [-0.15, -0.1) is 0 Å². The molecule has 0 bridgehead atoms. The van der Waals surface area contributed by atoms with Crippen LogP contribution in [0.15, 0.2) is 103 Å². The van der Waals surface area contributed by atoms with E-state index in [1.165, 1.54) is 0 Å². The quantitative estimate of drug-likeness (QED) is 0.275. The van der Waals surface area contributed by atoms with Crippen LogP contribution in [0.4, 0.5) is 0 Å². The van der Waals surface area contributed by atoms with Crippen LogP contribution in [0.3, 0.4) is 0 Å². The van der Waals surface area contributed by atoms with Crippen LogP contribution >= 0.6 is 7.14 Å². The fraction of sp³-hybridized carbons (Fsp3) is 0.161.